The molecule has 1 atom stereocenters. The number of aliphatic hydroxyl groups excluding tert-OH is 1. The van der Waals surface area contributed by atoms with Crippen LogP contribution in [0.5, 0.6) is 0 Å². The number of esters is 1. The number of carbonyl (C=O) groups is 2. The highest BCUT2D eigenvalue weighted by Crippen LogP contribution is 1.86. The third-order valence-corrected chi connectivity index (χ3v) is 1.12. The molecule has 0 heterocycles. The van der Waals surface area contributed by atoms with E-state index in [4.69, 9.17) is 10.2 Å². The van der Waals surface area contributed by atoms with Crippen LogP contribution in [0.2, 0.25) is 0 Å². The molecule has 0 saturated heterocycles. The molecule has 0 aromatic heterocycles. The number of ether oxygens (including phenoxy) is 2. The summed E-state index contributed by atoms with van der Waals surface area (Å²) in [6.45, 7) is 0.533. The van der Waals surface area contributed by atoms with Crippen molar-refractivity contribution in [3.8, 4) is 0 Å². The number of aliphatic carboxylic acids is 1. The zero-order chi connectivity index (χ0) is 11.0. The maximum atomic E-state index is 10.3. The third-order valence-electron chi connectivity index (χ3n) is 1.12. The lowest BCUT2D eigenvalue weighted by Gasteiger charge is -2.11. The summed E-state index contributed by atoms with van der Waals surface area (Å²) in [5.41, 5.74) is 0. The molecule has 0 aliphatic carbocycles. The fraction of sp³-hybridized carbons (Fsp3) is 0.714. The second-order valence-corrected chi connectivity index (χ2v) is 2.40. The van der Waals surface area contributed by atoms with Gasteiger partial charge >= 0.3 is 11.9 Å². The summed E-state index contributed by atoms with van der Waals surface area (Å²) in [5.74, 6) is -1.55. The number of carboxylic acids is 1. The van der Waals surface area contributed by atoms with Crippen molar-refractivity contribution >= 4 is 11.9 Å². The maximum absolute atomic E-state index is 10.3. The number of hydrogen-bond donors (Lipinski definition) is 3. The molecule has 0 radical (unpaired) electrons. The number of carbonyl (C=O) groups excluding carboxylic acids is 1. The molecule has 0 aliphatic heterocycles. The predicted octanol–water partition coefficient (Wildman–Crippen LogP) is -1.48. The van der Waals surface area contributed by atoms with Crippen molar-refractivity contribution in [1.82, 2.24) is 5.32 Å². The Morgan fingerprint density at radius 2 is 2.14 bits per heavy atom. The molecule has 0 aliphatic rings. The van der Waals surface area contributed by atoms with E-state index in [0.29, 0.717) is 0 Å². The van der Waals surface area contributed by atoms with Crippen molar-refractivity contribution in [3.05, 3.63) is 0 Å². The average Bonchev–Trinajstić information content (AvgIpc) is 2.02. The lowest BCUT2D eigenvalue weighted by atomic mass is 10.5. The number of hydrogen-bond acceptors (Lipinski definition) is 6. The minimum Gasteiger partial charge on any atom is -0.480 e. The number of nitrogens with one attached hydrogen (secondary N) is 1. The Morgan fingerprint density at radius 3 is 2.64 bits per heavy atom. The van der Waals surface area contributed by atoms with Crippen molar-refractivity contribution in [2.24, 2.45) is 0 Å². The first-order valence-electron chi connectivity index (χ1n) is 3.88. The van der Waals surface area contributed by atoms with E-state index in [1.165, 1.54) is 6.92 Å². The molecule has 0 amide bonds. The summed E-state index contributed by atoms with van der Waals surface area (Å²) < 4.78 is 8.97. The van der Waals surface area contributed by atoms with Crippen molar-refractivity contribution in [2.75, 3.05) is 19.9 Å². The Bertz CT molecular complexity index is 175. The van der Waals surface area contributed by atoms with E-state index in [2.05, 4.69) is 14.8 Å². The van der Waals surface area contributed by atoms with Gasteiger partial charge in [-0.25, -0.2) is 0 Å². The standard InChI is InChI=1S/C7H13NO6/c1-5(9)13-4-14-7(12)3-8-2-6(10)11/h7-8,12H,2-4H2,1H3,(H,10,11). The normalized spacial score (nSPS) is 12.1. The van der Waals surface area contributed by atoms with Crippen molar-refractivity contribution in [2.45, 2.75) is 13.2 Å². The quantitative estimate of drug-likeness (QED) is 0.345. The summed E-state index contributed by atoms with van der Waals surface area (Å²) in [4.78, 5) is 20.3. The van der Waals surface area contributed by atoms with Crippen LogP contribution in [0.3, 0.4) is 0 Å². The summed E-state index contributed by atoms with van der Waals surface area (Å²) >= 11 is 0. The van der Waals surface area contributed by atoms with Crippen molar-refractivity contribution in [3.63, 3.8) is 0 Å². The van der Waals surface area contributed by atoms with Gasteiger partial charge in [0.25, 0.3) is 0 Å². The number of aliphatic hydroxyl groups is 1. The number of rotatable bonds is 7. The Balaban J connectivity index is 3.32. The van der Waals surface area contributed by atoms with E-state index >= 15 is 0 Å². The minimum atomic E-state index is -1.20. The molecule has 0 rings (SSSR count). The average molecular weight is 207 g/mol. The molecule has 3 N–H and O–H groups in total. The summed E-state index contributed by atoms with van der Waals surface area (Å²) in [5, 5.41) is 19.6. The summed E-state index contributed by atoms with van der Waals surface area (Å²) in [6, 6.07) is 0. The van der Waals surface area contributed by atoms with Crippen LogP contribution >= 0.6 is 0 Å². The van der Waals surface area contributed by atoms with Crippen LogP contribution in [0.15, 0.2) is 0 Å². The highest BCUT2D eigenvalue weighted by molar-refractivity contribution is 5.68. The largest absolute Gasteiger partial charge is 0.480 e. The van der Waals surface area contributed by atoms with Gasteiger partial charge in [0.1, 0.15) is 0 Å². The first-order chi connectivity index (χ1) is 6.52. The van der Waals surface area contributed by atoms with Gasteiger partial charge in [0.2, 0.25) is 0 Å². The maximum Gasteiger partial charge on any atom is 0.317 e. The van der Waals surface area contributed by atoms with E-state index in [-0.39, 0.29) is 19.9 Å². The fourth-order valence-electron chi connectivity index (χ4n) is 0.557. The van der Waals surface area contributed by atoms with Gasteiger partial charge < -0.3 is 25.0 Å². The first-order valence-corrected chi connectivity index (χ1v) is 3.88. The van der Waals surface area contributed by atoms with Crippen LogP contribution in [0.1, 0.15) is 6.92 Å². The Labute approximate surface area is 80.6 Å². The Morgan fingerprint density at radius 1 is 1.50 bits per heavy atom. The van der Waals surface area contributed by atoms with Gasteiger partial charge in [-0.3, -0.25) is 9.59 Å². The summed E-state index contributed by atoms with van der Waals surface area (Å²) in [7, 11) is 0. The zero-order valence-corrected chi connectivity index (χ0v) is 7.73. The van der Waals surface area contributed by atoms with Crippen LogP contribution in [-0.4, -0.2) is 48.3 Å². The lowest BCUT2D eigenvalue weighted by molar-refractivity contribution is -0.180. The molecule has 0 bridgehead atoms. The second kappa shape index (κ2) is 7.25. The van der Waals surface area contributed by atoms with Crippen LogP contribution < -0.4 is 5.32 Å². The zero-order valence-electron chi connectivity index (χ0n) is 7.73. The number of carboxylic acid groups (broad SMARTS) is 1. The molecular weight excluding hydrogens is 194 g/mol. The fourth-order valence-corrected chi connectivity index (χ4v) is 0.557. The third kappa shape index (κ3) is 8.91. The van der Waals surface area contributed by atoms with E-state index in [1.54, 1.807) is 0 Å². The minimum absolute atomic E-state index is 0.0481. The highest BCUT2D eigenvalue weighted by atomic mass is 16.7. The van der Waals surface area contributed by atoms with Crippen molar-refractivity contribution < 1.29 is 29.3 Å². The Hall–Kier alpha value is -1.18. The molecule has 0 spiro atoms. The van der Waals surface area contributed by atoms with Gasteiger partial charge in [-0.15, -0.1) is 0 Å². The summed E-state index contributed by atoms with van der Waals surface area (Å²) in [6.07, 6.45) is -1.20. The lowest BCUT2D eigenvalue weighted by Crippen LogP contribution is -2.33. The monoisotopic (exact) mass is 207 g/mol. The van der Waals surface area contributed by atoms with Gasteiger partial charge in [0, 0.05) is 13.5 Å². The van der Waals surface area contributed by atoms with Crippen LogP contribution in [0.25, 0.3) is 0 Å². The molecule has 0 fully saturated rings. The SMILES string of the molecule is CC(=O)OCOC(O)CNCC(=O)O. The topological polar surface area (TPSA) is 105 Å². The molecule has 0 aromatic carbocycles. The molecule has 14 heavy (non-hydrogen) atoms. The van der Waals surface area contributed by atoms with Crippen LogP contribution in [0, 0.1) is 0 Å². The van der Waals surface area contributed by atoms with Gasteiger partial charge in [0.15, 0.2) is 13.1 Å². The van der Waals surface area contributed by atoms with Crippen LogP contribution in [-0.2, 0) is 19.1 Å². The predicted molar refractivity (Wildman–Crippen MR) is 44.2 cm³/mol. The van der Waals surface area contributed by atoms with Crippen molar-refractivity contribution in [1.29, 1.82) is 0 Å². The molecular formula is C7H13NO6. The molecule has 0 saturated carbocycles. The van der Waals surface area contributed by atoms with Gasteiger partial charge in [-0.1, -0.05) is 0 Å². The molecule has 7 nitrogen and oxygen atoms in total. The van der Waals surface area contributed by atoms with Crippen LogP contribution in [0.4, 0.5) is 0 Å². The van der Waals surface area contributed by atoms with E-state index in [9.17, 15) is 9.59 Å². The molecule has 7 heteroatoms. The van der Waals surface area contributed by atoms with E-state index in [1.807, 2.05) is 0 Å². The van der Waals surface area contributed by atoms with Gasteiger partial charge in [0.05, 0.1) is 6.54 Å². The second-order valence-electron chi connectivity index (χ2n) is 2.40. The molecule has 82 valence electrons. The van der Waals surface area contributed by atoms with Gasteiger partial charge in [-0.2, -0.15) is 0 Å². The first kappa shape index (κ1) is 12.8. The smallest absolute Gasteiger partial charge is 0.317 e. The molecule has 0 aromatic rings. The van der Waals surface area contributed by atoms with E-state index < -0.39 is 18.2 Å². The highest BCUT2D eigenvalue weighted by Gasteiger charge is 2.05. The Kier molecular flexibility index (Phi) is 6.63. The van der Waals surface area contributed by atoms with E-state index in [0.717, 1.165) is 0 Å². The van der Waals surface area contributed by atoms with Gasteiger partial charge in [-0.05, 0) is 0 Å². The molecule has 1 unspecified atom stereocenters.